The molecule has 0 N–H and O–H groups in total. The molecule has 0 aromatic carbocycles. The van der Waals surface area contributed by atoms with E-state index in [4.69, 9.17) is 4.74 Å². The van der Waals surface area contributed by atoms with Gasteiger partial charge in [0.05, 0.1) is 0 Å². The second-order valence-electron chi connectivity index (χ2n) is 3.19. The van der Waals surface area contributed by atoms with E-state index in [1.54, 1.807) is 0 Å². The first-order valence-electron chi connectivity index (χ1n) is 5.88. The first kappa shape index (κ1) is 15.4. The lowest BCUT2D eigenvalue weighted by Gasteiger charge is -2.24. The topological polar surface area (TPSA) is 9.23 Å². The molecule has 13 heavy (non-hydrogen) atoms. The third kappa shape index (κ3) is 8.29. The first-order valence-corrected chi connectivity index (χ1v) is 5.88. The van der Waals surface area contributed by atoms with Crippen molar-refractivity contribution < 1.29 is 4.74 Å². The summed E-state index contributed by atoms with van der Waals surface area (Å²) in [6, 6.07) is 0. The largest absolute Gasteiger partial charge is 0.381 e. The minimum absolute atomic E-state index is 0.855. The summed E-state index contributed by atoms with van der Waals surface area (Å²) in [6.07, 6.45) is 2.55. The van der Waals surface area contributed by atoms with Crippen LogP contribution >= 0.6 is 0 Å². The van der Waals surface area contributed by atoms with E-state index in [0.29, 0.717) is 0 Å². The van der Waals surface area contributed by atoms with Gasteiger partial charge in [-0.15, -0.1) is 0 Å². The van der Waals surface area contributed by atoms with Gasteiger partial charge in [0.1, 0.15) is 0 Å². The fraction of sp³-hybridized carbons (Fsp3) is 1.00. The Bertz CT molecular complexity index is 73.2. The van der Waals surface area contributed by atoms with Crippen LogP contribution in [0.4, 0.5) is 0 Å². The van der Waals surface area contributed by atoms with E-state index < -0.39 is 0 Å². The molecule has 1 saturated heterocycles. The Balaban J connectivity index is 0. The molecule has 0 aliphatic carbocycles. The summed E-state index contributed by atoms with van der Waals surface area (Å²) in [5.41, 5.74) is 0. The Morgan fingerprint density at radius 3 is 1.54 bits per heavy atom. The average molecular weight is 188 g/mol. The molecule has 1 aliphatic rings. The van der Waals surface area contributed by atoms with Crippen LogP contribution in [0.15, 0.2) is 0 Å². The lowest BCUT2D eigenvalue weighted by Crippen LogP contribution is -2.19. The van der Waals surface area contributed by atoms with Crippen molar-refractivity contribution in [1.82, 2.24) is 0 Å². The highest BCUT2D eigenvalue weighted by atomic mass is 16.5. The average Bonchev–Trinajstić information content (AvgIpc) is 2.25. The third-order valence-corrected chi connectivity index (χ3v) is 2.21. The molecular weight excluding hydrogens is 160 g/mol. The van der Waals surface area contributed by atoms with Crippen LogP contribution in [0.1, 0.15) is 54.4 Å². The van der Waals surface area contributed by atoms with Gasteiger partial charge >= 0.3 is 0 Å². The maximum Gasteiger partial charge on any atom is 0.0468 e. The molecule has 82 valence electrons. The van der Waals surface area contributed by atoms with E-state index in [9.17, 15) is 0 Å². The SMILES string of the molecule is CC.CC.CC(C)C1CCOCC1. The van der Waals surface area contributed by atoms with Crippen LogP contribution in [-0.4, -0.2) is 13.2 Å². The summed E-state index contributed by atoms with van der Waals surface area (Å²) >= 11 is 0. The number of ether oxygens (including phenoxy) is 1. The third-order valence-electron chi connectivity index (χ3n) is 2.21. The van der Waals surface area contributed by atoms with E-state index in [1.807, 2.05) is 27.7 Å². The highest BCUT2D eigenvalue weighted by Crippen LogP contribution is 2.22. The Kier molecular flexibility index (Phi) is 14.2. The summed E-state index contributed by atoms with van der Waals surface area (Å²) in [5.74, 6) is 1.78. The molecule has 0 aromatic rings. The van der Waals surface area contributed by atoms with Gasteiger partial charge in [-0.25, -0.2) is 0 Å². The first-order chi connectivity index (χ1) is 6.30. The van der Waals surface area contributed by atoms with Crippen LogP contribution < -0.4 is 0 Å². The molecular formula is C12H28O. The van der Waals surface area contributed by atoms with Crippen LogP contribution in [0.2, 0.25) is 0 Å². The zero-order valence-corrected chi connectivity index (χ0v) is 10.4. The van der Waals surface area contributed by atoms with Gasteiger partial charge < -0.3 is 4.74 Å². The summed E-state index contributed by atoms with van der Waals surface area (Å²) < 4.78 is 5.25. The van der Waals surface area contributed by atoms with Crippen molar-refractivity contribution in [2.45, 2.75) is 54.4 Å². The van der Waals surface area contributed by atoms with E-state index in [0.717, 1.165) is 25.0 Å². The van der Waals surface area contributed by atoms with E-state index in [2.05, 4.69) is 13.8 Å². The molecule has 1 heterocycles. The van der Waals surface area contributed by atoms with Gasteiger partial charge in [-0.05, 0) is 24.7 Å². The normalized spacial score (nSPS) is 16.8. The van der Waals surface area contributed by atoms with Gasteiger partial charge in [-0.1, -0.05) is 41.5 Å². The van der Waals surface area contributed by atoms with Crippen molar-refractivity contribution in [3.63, 3.8) is 0 Å². The Morgan fingerprint density at radius 1 is 0.923 bits per heavy atom. The molecule has 0 bridgehead atoms. The second kappa shape index (κ2) is 12.0. The minimum atomic E-state index is 0.855. The summed E-state index contributed by atoms with van der Waals surface area (Å²) in [6.45, 7) is 14.6. The van der Waals surface area contributed by atoms with Crippen LogP contribution in [-0.2, 0) is 4.74 Å². The molecule has 0 atom stereocenters. The van der Waals surface area contributed by atoms with Crippen molar-refractivity contribution in [3.05, 3.63) is 0 Å². The number of rotatable bonds is 1. The Hall–Kier alpha value is -0.0400. The second-order valence-corrected chi connectivity index (χ2v) is 3.19. The molecule has 0 saturated carbocycles. The predicted octanol–water partition coefficient (Wildman–Crippen LogP) is 4.12. The summed E-state index contributed by atoms with van der Waals surface area (Å²) in [7, 11) is 0. The van der Waals surface area contributed by atoms with Crippen LogP contribution in [0.5, 0.6) is 0 Å². The Morgan fingerprint density at radius 2 is 1.31 bits per heavy atom. The van der Waals surface area contributed by atoms with Gasteiger partial charge in [0.15, 0.2) is 0 Å². The Labute approximate surface area is 84.9 Å². The maximum absolute atomic E-state index is 5.25. The lowest BCUT2D eigenvalue weighted by atomic mass is 9.89. The monoisotopic (exact) mass is 188 g/mol. The zero-order chi connectivity index (χ0) is 10.7. The molecule has 0 unspecified atom stereocenters. The van der Waals surface area contributed by atoms with E-state index in [-0.39, 0.29) is 0 Å². The summed E-state index contributed by atoms with van der Waals surface area (Å²) in [5, 5.41) is 0. The van der Waals surface area contributed by atoms with E-state index >= 15 is 0 Å². The highest BCUT2D eigenvalue weighted by molar-refractivity contribution is 4.65. The minimum Gasteiger partial charge on any atom is -0.381 e. The highest BCUT2D eigenvalue weighted by Gasteiger charge is 2.16. The molecule has 1 rings (SSSR count). The molecule has 1 heteroatoms. The van der Waals surface area contributed by atoms with Crippen LogP contribution in [0.25, 0.3) is 0 Å². The fourth-order valence-electron chi connectivity index (χ4n) is 1.38. The van der Waals surface area contributed by atoms with Gasteiger partial charge in [-0.3, -0.25) is 0 Å². The van der Waals surface area contributed by atoms with Crippen molar-refractivity contribution >= 4 is 0 Å². The van der Waals surface area contributed by atoms with Crippen LogP contribution in [0.3, 0.4) is 0 Å². The smallest absolute Gasteiger partial charge is 0.0468 e. The van der Waals surface area contributed by atoms with Crippen molar-refractivity contribution in [1.29, 1.82) is 0 Å². The fourth-order valence-corrected chi connectivity index (χ4v) is 1.38. The van der Waals surface area contributed by atoms with Gasteiger partial charge in [-0.2, -0.15) is 0 Å². The standard InChI is InChI=1S/C8H16O.2C2H6/c1-7(2)8-3-5-9-6-4-8;2*1-2/h7-8H,3-6H2,1-2H3;2*1-2H3. The molecule has 1 aliphatic heterocycles. The zero-order valence-electron chi connectivity index (χ0n) is 10.4. The van der Waals surface area contributed by atoms with Gasteiger partial charge in [0.2, 0.25) is 0 Å². The molecule has 0 radical (unpaired) electrons. The number of hydrogen-bond donors (Lipinski definition) is 0. The quantitative estimate of drug-likeness (QED) is 0.601. The van der Waals surface area contributed by atoms with Crippen molar-refractivity contribution in [2.75, 3.05) is 13.2 Å². The van der Waals surface area contributed by atoms with Crippen molar-refractivity contribution in [2.24, 2.45) is 11.8 Å². The molecule has 0 amide bonds. The molecule has 1 fully saturated rings. The lowest BCUT2D eigenvalue weighted by molar-refractivity contribution is 0.0523. The van der Waals surface area contributed by atoms with Crippen molar-refractivity contribution in [3.8, 4) is 0 Å². The molecule has 0 spiro atoms. The number of hydrogen-bond acceptors (Lipinski definition) is 1. The molecule has 1 nitrogen and oxygen atoms in total. The molecule has 0 aromatic heterocycles. The van der Waals surface area contributed by atoms with Gasteiger partial charge in [0.25, 0.3) is 0 Å². The van der Waals surface area contributed by atoms with Crippen LogP contribution in [0, 0.1) is 11.8 Å². The predicted molar refractivity (Wildman–Crippen MR) is 61.1 cm³/mol. The van der Waals surface area contributed by atoms with Gasteiger partial charge in [0, 0.05) is 13.2 Å². The van der Waals surface area contributed by atoms with E-state index in [1.165, 1.54) is 12.8 Å². The summed E-state index contributed by atoms with van der Waals surface area (Å²) in [4.78, 5) is 0. The maximum atomic E-state index is 5.25.